The topological polar surface area (TPSA) is 64.1 Å². The molecule has 0 saturated carbocycles. The van der Waals surface area contributed by atoms with Gasteiger partial charge in [0.1, 0.15) is 0 Å². The van der Waals surface area contributed by atoms with E-state index < -0.39 is 0 Å². The molecule has 1 aromatic heterocycles. The summed E-state index contributed by atoms with van der Waals surface area (Å²) in [7, 11) is 0. The van der Waals surface area contributed by atoms with Crippen LogP contribution in [0, 0.1) is 4.77 Å². The van der Waals surface area contributed by atoms with E-state index in [2.05, 4.69) is 31.6 Å². The summed E-state index contributed by atoms with van der Waals surface area (Å²) >= 11 is 8.82. The number of benzene rings is 1. The normalized spacial score (nSPS) is 10.9. The monoisotopic (exact) mass is 414 g/mol. The fourth-order valence-corrected chi connectivity index (χ4v) is 3.04. The van der Waals surface area contributed by atoms with Gasteiger partial charge in [0.25, 0.3) is 0 Å². The summed E-state index contributed by atoms with van der Waals surface area (Å²) in [4.78, 5) is 0. The van der Waals surface area contributed by atoms with Gasteiger partial charge in [0.2, 0.25) is 4.77 Å². The van der Waals surface area contributed by atoms with Gasteiger partial charge in [-0.2, -0.15) is 5.10 Å². The van der Waals surface area contributed by atoms with Gasteiger partial charge in [-0.15, -0.1) is 0 Å². The van der Waals surface area contributed by atoms with Crippen molar-refractivity contribution in [3.05, 3.63) is 32.8 Å². The Labute approximate surface area is 155 Å². The Hall–Kier alpha value is -1.54. The molecule has 0 aliphatic carbocycles. The van der Waals surface area contributed by atoms with Gasteiger partial charge in [0.15, 0.2) is 17.3 Å². The molecule has 24 heavy (non-hydrogen) atoms. The average molecular weight is 415 g/mol. The third-order valence-corrected chi connectivity index (χ3v) is 4.08. The summed E-state index contributed by atoms with van der Waals surface area (Å²) in [5.41, 5.74) is 4.33. The van der Waals surface area contributed by atoms with Crippen LogP contribution in [0.15, 0.2) is 16.6 Å². The molecule has 132 valence electrons. The summed E-state index contributed by atoms with van der Waals surface area (Å²) in [5.74, 6) is 2.32. The van der Waals surface area contributed by atoms with Gasteiger partial charge in [0.05, 0.1) is 23.7 Å². The standard InChI is InChI=1S/C16H23BrN4O2S/c1-5-14-19-20-16(24)21(14)18-9-11-7-12(17)15(23-10(3)4)13(8-11)22-6-2/h7-8,10,18H,5-6,9H2,1-4H3,(H,20,24). The number of aromatic nitrogens is 3. The van der Waals surface area contributed by atoms with E-state index in [4.69, 9.17) is 21.7 Å². The molecule has 1 heterocycles. The minimum absolute atomic E-state index is 0.0702. The van der Waals surface area contributed by atoms with Gasteiger partial charge < -0.3 is 14.9 Å². The first-order valence-electron chi connectivity index (χ1n) is 7.98. The lowest BCUT2D eigenvalue weighted by molar-refractivity contribution is 0.222. The lowest BCUT2D eigenvalue weighted by Gasteiger charge is -2.18. The highest BCUT2D eigenvalue weighted by Gasteiger charge is 2.14. The first-order valence-corrected chi connectivity index (χ1v) is 9.18. The first kappa shape index (κ1) is 18.8. The third-order valence-electron chi connectivity index (χ3n) is 3.22. The summed E-state index contributed by atoms with van der Waals surface area (Å²) < 4.78 is 14.8. The van der Waals surface area contributed by atoms with Crippen molar-refractivity contribution in [2.75, 3.05) is 12.0 Å². The number of hydrogen-bond donors (Lipinski definition) is 2. The van der Waals surface area contributed by atoms with E-state index in [-0.39, 0.29) is 6.10 Å². The Kier molecular flexibility index (Phi) is 6.68. The predicted octanol–water partition coefficient (Wildman–Crippen LogP) is 4.20. The minimum atomic E-state index is 0.0702. The maximum atomic E-state index is 5.86. The van der Waals surface area contributed by atoms with Crippen molar-refractivity contribution < 1.29 is 9.47 Å². The van der Waals surface area contributed by atoms with Crippen LogP contribution in [0.5, 0.6) is 11.5 Å². The molecular formula is C16H23BrN4O2S. The molecule has 0 radical (unpaired) electrons. The number of hydrogen-bond acceptors (Lipinski definition) is 5. The minimum Gasteiger partial charge on any atom is -0.490 e. The molecule has 0 aliphatic heterocycles. The van der Waals surface area contributed by atoms with Gasteiger partial charge in [-0.3, -0.25) is 5.10 Å². The van der Waals surface area contributed by atoms with E-state index in [1.54, 1.807) is 4.68 Å². The fraction of sp³-hybridized carbons (Fsp3) is 0.500. The van der Waals surface area contributed by atoms with Crippen molar-refractivity contribution in [3.8, 4) is 11.5 Å². The molecule has 8 heteroatoms. The number of ether oxygens (including phenoxy) is 2. The van der Waals surface area contributed by atoms with Gasteiger partial charge in [-0.25, -0.2) is 4.68 Å². The molecular weight excluding hydrogens is 392 g/mol. The molecule has 2 rings (SSSR count). The highest BCUT2D eigenvalue weighted by Crippen LogP contribution is 2.37. The third kappa shape index (κ3) is 4.51. The van der Waals surface area contributed by atoms with E-state index in [0.29, 0.717) is 17.9 Å². The fourth-order valence-electron chi connectivity index (χ4n) is 2.24. The number of aryl methyl sites for hydroxylation is 1. The van der Waals surface area contributed by atoms with Crippen molar-refractivity contribution >= 4 is 28.1 Å². The van der Waals surface area contributed by atoms with Gasteiger partial charge in [0, 0.05) is 6.42 Å². The zero-order valence-electron chi connectivity index (χ0n) is 14.4. The number of nitrogens with zero attached hydrogens (tertiary/aromatic N) is 2. The van der Waals surface area contributed by atoms with Crippen molar-refractivity contribution in [1.29, 1.82) is 0 Å². The Balaban J connectivity index is 2.24. The largest absolute Gasteiger partial charge is 0.490 e. The van der Waals surface area contributed by atoms with Crippen molar-refractivity contribution in [1.82, 2.24) is 14.9 Å². The molecule has 0 unspecified atom stereocenters. The second-order valence-electron chi connectivity index (χ2n) is 5.47. The van der Waals surface area contributed by atoms with Gasteiger partial charge in [-0.1, -0.05) is 6.92 Å². The Morgan fingerprint density at radius 3 is 2.75 bits per heavy atom. The van der Waals surface area contributed by atoms with Crippen LogP contribution in [-0.4, -0.2) is 27.6 Å². The summed E-state index contributed by atoms with van der Waals surface area (Å²) in [6.07, 6.45) is 0.857. The summed E-state index contributed by atoms with van der Waals surface area (Å²) in [6.45, 7) is 9.13. The number of H-pyrrole nitrogens is 1. The number of halogens is 1. The van der Waals surface area contributed by atoms with Crippen LogP contribution in [0.2, 0.25) is 0 Å². The van der Waals surface area contributed by atoms with E-state index in [1.807, 2.05) is 39.8 Å². The highest BCUT2D eigenvalue weighted by atomic mass is 79.9. The van der Waals surface area contributed by atoms with Crippen LogP contribution in [0.4, 0.5) is 0 Å². The Morgan fingerprint density at radius 1 is 1.38 bits per heavy atom. The Bertz CT molecular complexity index is 742. The summed E-state index contributed by atoms with van der Waals surface area (Å²) in [5, 5.41) is 6.98. The maximum absolute atomic E-state index is 5.86. The first-order chi connectivity index (χ1) is 11.5. The molecule has 0 atom stereocenters. The quantitative estimate of drug-likeness (QED) is 0.633. The highest BCUT2D eigenvalue weighted by molar-refractivity contribution is 9.10. The molecule has 0 aliphatic rings. The van der Waals surface area contributed by atoms with E-state index in [1.165, 1.54) is 0 Å². The molecule has 0 saturated heterocycles. The van der Waals surface area contributed by atoms with Gasteiger partial charge in [-0.05, 0) is 66.6 Å². The lowest BCUT2D eigenvalue weighted by Crippen LogP contribution is -2.17. The van der Waals surface area contributed by atoms with Crippen LogP contribution in [-0.2, 0) is 13.0 Å². The van der Waals surface area contributed by atoms with Crippen LogP contribution >= 0.6 is 28.1 Å². The predicted molar refractivity (Wildman–Crippen MR) is 101 cm³/mol. The van der Waals surface area contributed by atoms with E-state index in [0.717, 1.165) is 33.8 Å². The molecule has 0 amide bonds. The molecule has 0 fully saturated rings. The number of nitrogens with one attached hydrogen (secondary N) is 2. The van der Waals surface area contributed by atoms with Crippen molar-refractivity contribution in [2.24, 2.45) is 0 Å². The Morgan fingerprint density at radius 2 is 2.12 bits per heavy atom. The molecule has 2 N–H and O–H groups in total. The second kappa shape index (κ2) is 8.53. The second-order valence-corrected chi connectivity index (χ2v) is 6.71. The molecule has 2 aromatic rings. The van der Waals surface area contributed by atoms with Gasteiger partial charge >= 0.3 is 0 Å². The average Bonchev–Trinajstić information content (AvgIpc) is 2.88. The molecule has 6 nitrogen and oxygen atoms in total. The van der Waals surface area contributed by atoms with Crippen LogP contribution < -0.4 is 14.9 Å². The number of rotatable bonds is 8. The number of aromatic amines is 1. The molecule has 0 bridgehead atoms. The van der Waals surface area contributed by atoms with Crippen LogP contribution in [0.25, 0.3) is 0 Å². The zero-order valence-corrected chi connectivity index (χ0v) is 16.8. The zero-order chi connectivity index (χ0) is 17.7. The van der Waals surface area contributed by atoms with Crippen LogP contribution in [0.3, 0.4) is 0 Å². The SMILES string of the molecule is CCOc1cc(CNn2c(CC)n[nH]c2=S)cc(Br)c1OC(C)C. The lowest BCUT2D eigenvalue weighted by atomic mass is 10.2. The van der Waals surface area contributed by atoms with E-state index >= 15 is 0 Å². The maximum Gasteiger partial charge on any atom is 0.214 e. The van der Waals surface area contributed by atoms with E-state index in [9.17, 15) is 0 Å². The smallest absolute Gasteiger partial charge is 0.214 e. The van der Waals surface area contributed by atoms with Crippen molar-refractivity contribution in [2.45, 2.75) is 46.8 Å². The molecule has 0 spiro atoms. The summed E-state index contributed by atoms with van der Waals surface area (Å²) in [6, 6.07) is 4.00. The van der Waals surface area contributed by atoms with Crippen LogP contribution in [0.1, 0.15) is 39.1 Å². The van der Waals surface area contributed by atoms with Crippen molar-refractivity contribution in [3.63, 3.8) is 0 Å². The molecule has 1 aromatic carbocycles.